The van der Waals surface area contributed by atoms with E-state index in [0.29, 0.717) is 19.6 Å². The Hall–Kier alpha value is -3.94. The highest BCUT2D eigenvalue weighted by atomic mass is 15.2. The molecule has 2 aromatic carbocycles. The molecule has 0 aliphatic carbocycles. The molecule has 7 nitrogen and oxygen atoms in total. The van der Waals surface area contributed by atoms with Crippen molar-refractivity contribution >= 4 is 0 Å². The lowest BCUT2D eigenvalue weighted by atomic mass is 9.75. The Morgan fingerprint density at radius 1 is 0.804 bits per heavy atom. The summed E-state index contributed by atoms with van der Waals surface area (Å²) in [7, 11) is 2.17. The Labute approximate surface area is 312 Å². The molecule has 282 valence electrons. The minimum absolute atomic E-state index is 0.0355. The van der Waals surface area contributed by atoms with Crippen LogP contribution in [0.15, 0.2) is 122 Å². The van der Waals surface area contributed by atoms with E-state index in [4.69, 9.17) is 11.5 Å². The molecule has 0 radical (unpaired) electrons. The minimum atomic E-state index is -0.0355. The second kappa shape index (κ2) is 22.8. The molecule has 2 aliphatic rings. The third kappa shape index (κ3) is 15.5. The zero-order chi connectivity index (χ0) is 37.8. The van der Waals surface area contributed by atoms with E-state index in [0.717, 1.165) is 86.9 Å². The van der Waals surface area contributed by atoms with Crippen LogP contribution in [0.5, 0.6) is 0 Å². The van der Waals surface area contributed by atoms with Crippen LogP contribution in [-0.4, -0.2) is 68.2 Å². The smallest absolute Gasteiger partial charge is 0.0691 e. The Morgan fingerprint density at radius 3 is 1.84 bits per heavy atom. The summed E-state index contributed by atoms with van der Waals surface area (Å²) >= 11 is 0. The maximum Gasteiger partial charge on any atom is 0.0691 e. The van der Waals surface area contributed by atoms with Gasteiger partial charge in [0.1, 0.15) is 0 Å². The van der Waals surface area contributed by atoms with E-state index in [2.05, 4.69) is 130 Å². The third-order valence-corrected chi connectivity index (χ3v) is 9.65. The van der Waals surface area contributed by atoms with Gasteiger partial charge in [-0.05, 0) is 69.9 Å². The molecule has 0 bridgehead atoms. The fourth-order valence-corrected chi connectivity index (χ4v) is 6.45. The van der Waals surface area contributed by atoms with Crippen LogP contribution in [0.1, 0.15) is 70.4 Å². The zero-order valence-electron chi connectivity index (χ0n) is 32.8. The van der Waals surface area contributed by atoms with Crippen molar-refractivity contribution in [3.05, 3.63) is 133 Å². The lowest BCUT2D eigenvalue weighted by Gasteiger charge is -2.43. The van der Waals surface area contributed by atoms with Crippen molar-refractivity contribution < 1.29 is 0 Å². The standard InChI is InChI=1S/C33H53N7.C7H8.C4H10/c1-25(23-35)37-32(22-30-12-8-7-9-13-30)27(3)36-24-26(2)38-31(14-10-11-18-34)28(4)40-20-16-33(17-21-40)15-19-39(6)29(33)5;1-7-5-3-2-4-6-7;1-4(2)3/h7-9,12-13,31-32,36-38H,1-5,10-11,14-24,34-35H2,6H3;2-6H,1H3;4H,1-3H3. The van der Waals surface area contributed by atoms with E-state index >= 15 is 0 Å². The van der Waals surface area contributed by atoms with Crippen LogP contribution in [-0.2, 0) is 6.42 Å². The largest absolute Gasteiger partial charge is 0.382 e. The lowest BCUT2D eigenvalue weighted by molar-refractivity contribution is 0.154. The van der Waals surface area contributed by atoms with E-state index in [1.807, 2.05) is 24.3 Å². The van der Waals surface area contributed by atoms with Gasteiger partial charge in [-0.3, -0.25) is 0 Å². The van der Waals surface area contributed by atoms with Crippen LogP contribution in [0.4, 0.5) is 0 Å². The Morgan fingerprint density at radius 2 is 1.35 bits per heavy atom. The van der Waals surface area contributed by atoms with Crippen molar-refractivity contribution in [1.29, 1.82) is 0 Å². The van der Waals surface area contributed by atoms with E-state index in [9.17, 15) is 0 Å². The second-order valence-corrected chi connectivity index (χ2v) is 14.9. The molecular formula is C44H71N7. The number of benzene rings is 2. The summed E-state index contributed by atoms with van der Waals surface area (Å²) in [5.41, 5.74) is 19.5. The predicted molar refractivity (Wildman–Crippen MR) is 222 cm³/mol. The second-order valence-electron chi connectivity index (χ2n) is 14.9. The van der Waals surface area contributed by atoms with Crippen molar-refractivity contribution in [1.82, 2.24) is 25.8 Å². The monoisotopic (exact) mass is 698 g/mol. The first-order valence-electron chi connectivity index (χ1n) is 18.9. The van der Waals surface area contributed by atoms with Gasteiger partial charge in [0, 0.05) is 67.1 Å². The summed E-state index contributed by atoms with van der Waals surface area (Å²) in [4.78, 5) is 4.80. The van der Waals surface area contributed by atoms with Crippen molar-refractivity contribution in [2.24, 2.45) is 22.8 Å². The molecule has 2 fully saturated rings. The lowest BCUT2D eigenvalue weighted by Crippen LogP contribution is -2.45. The molecule has 51 heavy (non-hydrogen) atoms. The summed E-state index contributed by atoms with van der Waals surface area (Å²) in [5.74, 6) is 0.833. The number of hydrogen-bond donors (Lipinski definition) is 5. The van der Waals surface area contributed by atoms with Gasteiger partial charge < -0.3 is 37.2 Å². The van der Waals surface area contributed by atoms with Gasteiger partial charge >= 0.3 is 0 Å². The molecule has 1 spiro atoms. The number of rotatable bonds is 17. The topological polar surface area (TPSA) is 94.6 Å². The summed E-state index contributed by atoms with van der Waals surface area (Å²) < 4.78 is 0. The maximum absolute atomic E-state index is 5.81. The quantitative estimate of drug-likeness (QED) is 0.110. The predicted octanol–water partition coefficient (Wildman–Crippen LogP) is 7.47. The molecule has 2 unspecified atom stereocenters. The normalized spacial score (nSPS) is 15.9. The van der Waals surface area contributed by atoms with E-state index in [-0.39, 0.29) is 17.5 Å². The highest BCUT2D eigenvalue weighted by molar-refractivity contribution is 5.22. The molecule has 0 aromatic heterocycles. The third-order valence-electron chi connectivity index (χ3n) is 9.65. The van der Waals surface area contributed by atoms with Gasteiger partial charge in [0.2, 0.25) is 0 Å². The summed E-state index contributed by atoms with van der Waals surface area (Å²) in [6.07, 6.45) is 7.29. The summed E-state index contributed by atoms with van der Waals surface area (Å²) in [5, 5.41) is 10.6. The molecule has 7 N–H and O–H groups in total. The summed E-state index contributed by atoms with van der Waals surface area (Å²) in [6.45, 7) is 35.1. The van der Waals surface area contributed by atoms with Gasteiger partial charge in [-0.15, -0.1) is 0 Å². The number of unbranched alkanes of at least 4 members (excludes halogenated alkanes) is 1. The first kappa shape index (κ1) is 43.2. The first-order chi connectivity index (χ1) is 24.3. The number of hydrogen-bond acceptors (Lipinski definition) is 7. The van der Waals surface area contributed by atoms with Crippen LogP contribution >= 0.6 is 0 Å². The molecule has 2 saturated heterocycles. The van der Waals surface area contributed by atoms with Crippen LogP contribution < -0.4 is 27.4 Å². The first-order valence-corrected chi connectivity index (χ1v) is 18.9. The number of likely N-dealkylation sites (tertiary alicyclic amines) is 2. The number of nitrogens with zero attached hydrogens (tertiary/aromatic N) is 2. The van der Waals surface area contributed by atoms with Crippen LogP contribution in [0.25, 0.3) is 0 Å². The molecule has 0 saturated carbocycles. The van der Waals surface area contributed by atoms with Crippen molar-refractivity contribution in [2.75, 3.05) is 46.3 Å². The minimum Gasteiger partial charge on any atom is -0.382 e. The molecule has 2 aromatic rings. The van der Waals surface area contributed by atoms with Gasteiger partial charge in [0.05, 0.1) is 18.6 Å². The molecular weight excluding hydrogens is 627 g/mol. The Balaban J connectivity index is 0.000000700. The zero-order valence-corrected chi connectivity index (χ0v) is 32.8. The SMILES string of the molecule is C=C(CN)NC(Cc1ccccc1)C(=C)NCC(=C)NC(CCCCN)C(=C)N1CCC2(CCN(C)C2=C)CC1.CC(C)C.Cc1ccccc1. The fourth-order valence-electron chi connectivity index (χ4n) is 6.45. The maximum atomic E-state index is 5.81. The molecule has 0 amide bonds. The number of piperidine rings is 1. The summed E-state index contributed by atoms with van der Waals surface area (Å²) in [6, 6.07) is 20.7. The Kier molecular flexibility index (Phi) is 19.3. The number of nitrogens with one attached hydrogen (secondary N) is 3. The molecule has 7 heteroatoms. The average molecular weight is 698 g/mol. The number of nitrogens with two attached hydrogens (primary N) is 2. The average Bonchev–Trinajstić information content (AvgIpc) is 3.38. The Bertz CT molecular complexity index is 1340. The van der Waals surface area contributed by atoms with E-state index < -0.39 is 0 Å². The fraction of sp³-hybridized carbons (Fsp3) is 0.500. The molecule has 2 heterocycles. The van der Waals surface area contributed by atoms with Crippen molar-refractivity contribution in [3.8, 4) is 0 Å². The van der Waals surface area contributed by atoms with Gasteiger partial charge in [-0.2, -0.15) is 0 Å². The van der Waals surface area contributed by atoms with Gasteiger partial charge in [0.15, 0.2) is 0 Å². The molecule has 2 atom stereocenters. The number of aryl methyl sites for hydroxylation is 1. The van der Waals surface area contributed by atoms with Crippen molar-refractivity contribution in [3.63, 3.8) is 0 Å². The van der Waals surface area contributed by atoms with E-state index in [1.165, 1.54) is 23.2 Å². The van der Waals surface area contributed by atoms with Gasteiger partial charge in [-0.1, -0.05) is 120 Å². The van der Waals surface area contributed by atoms with Crippen LogP contribution in [0.3, 0.4) is 0 Å². The molecule has 2 aliphatic heterocycles. The molecule has 4 rings (SSSR count). The number of allylic oxidation sites excluding steroid dienone is 1. The van der Waals surface area contributed by atoms with Crippen LogP contribution in [0.2, 0.25) is 0 Å². The van der Waals surface area contributed by atoms with E-state index in [1.54, 1.807) is 0 Å². The van der Waals surface area contributed by atoms with Crippen LogP contribution in [0, 0.1) is 18.3 Å². The highest BCUT2D eigenvalue weighted by Gasteiger charge is 2.43. The van der Waals surface area contributed by atoms with Gasteiger partial charge in [0.25, 0.3) is 0 Å². The van der Waals surface area contributed by atoms with Crippen molar-refractivity contribution in [2.45, 2.75) is 84.7 Å². The van der Waals surface area contributed by atoms with Gasteiger partial charge in [-0.25, -0.2) is 0 Å². The highest BCUT2D eigenvalue weighted by Crippen LogP contribution is 2.47.